The number of rotatable bonds is 5. The maximum absolute atomic E-state index is 13.0. The summed E-state index contributed by atoms with van der Waals surface area (Å²) in [6, 6.07) is 6.06. The molecule has 5 nitrogen and oxygen atoms in total. The first-order chi connectivity index (χ1) is 9.17. The minimum absolute atomic E-state index is 0.186. The summed E-state index contributed by atoms with van der Waals surface area (Å²) in [4.78, 5) is 11.0. The summed E-state index contributed by atoms with van der Waals surface area (Å²) in [5.41, 5.74) is 0.598. The molecule has 0 unspecified atom stereocenters. The molecule has 2 rings (SSSR count). The van der Waals surface area contributed by atoms with E-state index in [0.717, 1.165) is 0 Å². The monoisotopic (exact) mass is 299 g/mol. The molecule has 0 atom stereocenters. The van der Waals surface area contributed by atoms with Crippen molar-refractivity contribution in [1.29, 1.82) is 0 Å². The van der Waals surface area contributed by atoms with Crippen molar-refractivity contribution in [2.24, 2.45) is 0 Å². The zero-order valence-corrected chi connectivity index (χ0v) is 11.6. The molecule has 0 saturated heterocycles. The molecule has 0 aliphatic heterocycles. The van der Waals surface area contributed by atoms with E-state index in [1.807, 2.05) is 0 Å². The summed E-state index contributed by atoms with van der Waals surface area (Å²) >= 11 is 2.53. The minimum Gasteiger partial charge on any atom is -0.468 e. The van der Waals surface area contributed by atoms with Crippen molar-refractivity contribution in [3.8, 4) is 0 Å². The Hall–Kier alpha value is -1.67. The number of methoxy groups -OCH3 is 1. The van der Waals surface area contributed by atoms with Crippen molar-refractivity contribution in [1.82, 2.24) is 10.2 Å². The van der Waals surface area contributed by atoms with E-state index in [0.29, 0.717) is 15.2 Å². The average Bonchev–Trinajstić information content (AvgIpc) is 2.83. The first-order valence-electron chi connectivity index (χ1n) is 5.23. The molecule has 0 amide bonds. The van der Waals surface area contributed by atoms with Gasteiger partial charge in [0.25, 0.3) is 0 Å². The highest BCUT2D eigenvalue weighted by Crippen LogP contribution is 2.27. The summed E-state index contributed by atoms with van der Waals surface area (Å²) in [6.45, 7) is 0. The fourth-order valence-electron chi connectivity index (χ4n) is 1.19. The molecule has 1 N–H and O–H groups in total. The first-order valence-corrected chi connectivity index (χ1v) is 7.03. The summed E-state index contributed by atoms with van der Waals surface area (Å²) in [7, 11) is 1.33. The Bertz CT molecular complexity index is 577. The van der Waals surface area contributed by atoms with Crippen LogP contribution in [0.5, 0.6) is 0 Å². The van der Waals surface area contributed by atoms with E-state index in [4.69, 9.17) is 0 Å². The van der Waals surface area contributed by atoms with Crippen molar-refractivity contribution >= 4 is 39.9 Å². The summed E-state index contributed by atoms with van der Waals surface area (Å²) in [5, 5.41) is 11.3. The number of benzene rings is 1. The van der Waals surface area contributed by atoms with Crippen LogP contribution in [-0.4, -0.2) is 29.0 Å². The number of halogens is 1. The zero-order valence-electron chi connectivity index (χ0n) is 9.92. The number of hydrogen-bond acceptors (Lipinski definition) is 7. The SMILES string of the molecule is COC(=O)CSc1nnc(Nc2cccc(F)c2)s1. The molecule has 1 aromatic heterocycles. The molecular weight excluding hydrogens is 289 g/mol. The normalized spacial score (nSPS) is 10.2. The van der Waals surface area contributed by atoms with Gasteiger partial charge in [0, 0.05) is 5.69 Å². The molecule has 0 bridgehead atoms. The fraction of sp³-hybridized carbons (Fsp3) is 0.182. The van der Waals surface area contributed by atoms with E-state index in [2.05, 4.69) is 20.3 Å². The maximum atomic E-state index is 13.0. The summed E-state index contributed by atoms with van der Waals surface area (Å²) in [5.74, 6) is -0.458. The third-order valence-electron chi connectivity index (χ3n) is 2.02. The van der Waals surface area contributed by atoms with Crippen LogP contribution in [0.25, 0.3) is 0 Å². The van der Waals surface area contributed by atoms with E-state index < -0.39 is 0 Å². The van der Waals surface area contributed by atoms with Crippen LogP contribution in [0.1, 0.15) is 0 Å². The molecule has 0 spiro atoms. The Labute approximate surface area is 117 Å². The van der Waals surface area contributed by atoms with Crippen LogP contribution >= 0.6 is 23.1 Å². The van der Waals surface area contributed by atoms with Crippen LogP contribution in [0, 0.1) is 5.82 Å². The van der Waals surface area contributed by atoms with Crippen LogP contribution in [-0.2, 0) is 9.53 Å². The van der Waals surface area contributed by atoms with Gasteiger partial charge >= 0.3 is 5.97 Å². The van der Waals surface area contributed by atoms with Gasteiger partial charge in [-0.15, -0.1) is 10.2 Å². The van der Waals surface area contributed by atoms with Gasteiger partial charge in [0.2, 0.25) is 5.13 Å². The van der Waals surface area contributed by atoms with Crippen molar-refractivity contribution in [3.63, 3.8) is 0 Å². The lowest BCUT2D eigenvalue weighted by molar-refractivity contribution is -0.137. The fourth-order valence-corrected chi connectivity index (χ4v) is 2.79. The van der Waals surface area contributed by atoms with Gasteiger partial charge < -0.3 is 10.1 Å². The Morgan fingerprint density at radius 1 is 1.53 bits per heavy atom. The van der Waals surface area contributed by atoms with Crippen LogP contribution in [0.15, 0.2) is 28.6 Å². The van der Waals surface area contributed by atoms with Crippen molar-refractivity contribution in [3.05, 3.63) is 30.1 Å². The lowest BCUT2D eigenvalue weighted by Crippen LogP contribution is -2.02. The molecule has 8 heteroatoms. The largest absolute Gasteiger partial charge is 0.468 e. The first kappa shape index (κ1) is 13.8. The van der Waals surface area contributed by atoms with E-state index in [1.165, 1.54) is 42.3 Å². The predicted molar refractivity (Wildman–Crippen MR) is 72.3 cm³/mol. The third kappa shape index (κ3) is 4.18. The number of aromatic nitrogens is 2. The Morgan fingerprint density at radius 2 is 2.37 bits per heavy atom. The second-order valence-corrected chi connectivity index (χ2v) is 5.57. The highest BCUT2D eigenvalue weighted by Gasteiger charge is 2.08. The van der Waals surface area contributed by atoms with E-state index in [-0.39, 0.29) is 17.5 Å². The molecule has 0 radical (unpaired) electrons. The van der Waals surface area contributed by atoms with Gasteiger partial charge in [0.05, 0.1) is 12.9 Å². The van der Waals surface area contributed by atoms with Gasteiger partial charge in [-0.25, -0.2) is 4.39 Å². The molecule has 100 valence electrons. The van der Waals surface area contributed by atoms with Crippen LogP contribution in [0.2, 0.25) is 0 Å². The molecule has 19 heavy (non-hydrogen) atoms. The molecule has 1 heterocycles. The molecule has 0 saturated carbocycles. The lowest BCUT2D eigenvalue weighted by atomic mass is 10.3. The number of carbonyl (C=O) groups excluding carboxylic acids is 1. The molecule has 0 aliphatic rings. The number of thioether (sulfide) groups is 1. The molecule has 1 aromatic carbocycles. The van der Waals surface area contributed by atoms with Gasteiger partial charge in [-0.2, -0.15) is 0 Å². The number of hydrogen-bond donors (Lipinski definition) is 1. The van der Waals surface area contributed by atoms with Crippen molar-refractivity contribution in [2.75, 3.05) is 18.2 Å². The maximum Gasteiger partial charge on any atom is 0.316 e. The van der Waals surface area contributed by atoms with Gasteiger partial charge in [-0.1, -0.05) is 29.2 Å². The number of anilines is 2. The number of nitrogens with one attached hydrogen (secondary N) is 1. The standard InChI is InChI=1S/C11H10FN3O2S2/c1-17-9(16)6-18-11-15-14-10(19-11)13-8-4-2-3-7(12)5-8/h2-5H,6H2,1H3,(H,13,14). The summed E-state index contributed by atoms with van der Waals surface area (Å²) < 4.78 is 18.2. The van der Waals surface area contributed by atoms with E-state index in [9.17, 15) is 9.18 Å². The molecule has 0 aliphatic carbocycles. The topological polar surface area (TPSA) is 64.1 Å². The predicted octanol–water partition coefficient (Wildman–Crippen LogP) is 2.69. The van der Waals surface area contributed by atoms with Crippen molar-refractivity contribution < 1.29 is 13.9 Å². The Balaban J connectivity index is 1.95. The second kappa shape index (κ2) is 6.48. The van der Waals surface area contributed by atoms with Gasteiger partial charge in [0.1, 0.15) is 5.82 Å². The Morgan fingerprint density at radius 3 is 3.11 bits per heavy atom. The van der Waals surface area contributed by atoms with Crippen LogP contribution in [0.4, 0.5) is 15.2 Å². The number of carbonyl (C=O) groups is 1. The number of nitrogens with zero attached hydrogens (tertiary/aromatic N) is 2. The highest BCUT2D eigenvalue weighted by atomic mass is 32.2. The van der Waals surface area contributed by atoms with Gasteiger partial charge in [-0.05, 0) is 18.2 Å². The molecular formula is C11H10FN3O2S2. The average molecular weight is 299 g/mol. The number of esters is 1. The van der Waals surface area contributed by atoms with E-state index in [1.54, 1.807) is 12.1 Å². The van der Waals surface area contributed by atoms with Gasteiger partial charge in [-0.3, -0.25) is 4.79 Å². The Kier molecular flexibility index (Phi) is 4.69. The number of ether oxygens (including phenoxy) is 1. The third-order valence-corrected chi connectivity index (χ3v) is 3.97. The quantitative estimate of drug-likeness (QED) is 0.676. The zero-order chi connectivity index (χ0) is 13.7. The van der Waals surface area contributed by atoms with E-state index >= 15 is 0 Å². The summed E-state index contributed by atoms with van der Waals surface area (Å²) in [6.07, 6.45) is 0. The van der Waals surface area contributed by atoms with Crippen LogP contribution in [0.3, 0.4) is 0 Å². The van der Waals surface area contributed by atoms with Crippen molar-refractivity contribution in [2.45, 2.75) is 4.34 Å². The van der Waals surface area contributed by atoms with Crippen LogP contribution < -0.4 is 5.32 Å². The highest BCUT2D eigenvalue weighted by molar-refractivity contribution is 8.01. The smallest absolute Gasteiger partial charge is 0.316 e. The minimum atomic E-state index is -0.324. The second-order valence-electron chi connectivity index (χ2n) is 3.37. The van der Waals surface area contributed by atoms with Gasteiger partial charge in [0.15, 0.2) is 4.34 Å². The molecule has 0 fully saturated rings. The lowest BCUT2D eigenvalue weighted by Gasteiger charge is -2.00. The molecule has 2 aromatic rings.